The van der Waals surface area contributed by atoms with Crippen LogP contribution in [0.1, 0.15) is 18.3 Å². The maximum absolute atomic E-state index is 4.61. The summed E-state index contributed by atoms with van der Waals surface area (Å²) >= 11 is 1.51. The smallest absolute Gasteiger partial charge is 0.205 e. The summed E-state index contributed by atoms with van der Waals surface area (Å²) in [5.41, 5.74) is 1.34. The molecular weight excluding hydrogens is 497 g/mol. The first-order chi connectivity index (χ1) is 13.7. The third kappa shape index (κ3) is 7.07. The molecule has 1 aliphatic rings. The Bertz CT molecular complexity index is 744. The molecule has 0 bridgehead atoms. The maximum Gasteiger partial charge on any atom is 0.205 e. The molecule has 0 spiro atoms. The molecule has 1 aromatic carbocycles. The number of halogens is 1. The zero-order valence-corrected chi connectivity index (χ0v) is 20.7. The summed E-state index contributed by atoms with van der Waals surface area (Å²) in [5.74, 6) is 1.93. The summed E-state index contributed by atoms with van der Waals surface area (Å²) in [4.78, 5) is 16.1. The van der Waals surface area contributed by atoms with Crippen LogP contribution < -0.4 is 10.2 Å². The number of nitrogens with one attached hydrogen (secondary N) is 1. The van der Waals surface area contributed by atoms with Crippen molar-refractivity contribution in [3.05, 3.63) is 41.7 Å². The lowest BCUT2D eigenvalue weighted by atomic mass is 10.2. The molecule has 0 atom stereocenters. The highest BCUT2D eigenvalue weighted by molar-refractivity contribution is 14.0. The van der Waals surface area contributed by atoms with E-state index in [1.807, 2.05) is 7.05 Å². The summed E-state index contributed by atoms with van der Waals surface area (Å²) < 4.78 is 4.40. The number of piperazine rings is 1. The van der Waals surface area contributed by atoms with Gasteiger partial charge in [0, 0.05) is 70.8 Å². The van der Waals surface area contributed by atoms with Crippen molar-refractivity contribution in [3.63, 3.8) is 0 Å². The summed E-state index contributed by atoms with van der Waals surface area (Å²) in [6.45, 7) is 8.70. The second-order valence-corrected chi connectivity index (χ2v) is 7.75. The fourth-order valence-electron chi connectivity index (χ4n) is 3.29. The van der Waals surface area contributed by atoms with Crippen LogP contribution in [0.4, 0.5) is 5.13 Å². The molecule has 9 heteroatoms. The molecule has 29 heavy (non-hydrogen) atoms. The summed E-state index contributed by atoms with van der Waals surface area (Å²) in [6.07, 6.45) is 0.895. The van der Waals surface area contributed by atoms with E-state index in [9.17, 15) is 0 Å². The van der Waals surface area contributed by atoms with Gasteiger partial charge in [-0.1, -0.05) is 37.3 Å². The zero-order valence-electron chi connectivity index (χ0n) is 17.5. The molecule has 160 valence electrons. The number of hydrogen-bond donors (Lipinski definition) is 1. The molecule has 2 heterocycles. The molecule has 0 unspecified atom stereocenters. The van der Waals surface area contributed by atoms with E-state index < -0.39 is 0 Å². The van der Waals surface area contributed by atoms with Gasteiger partial charge in [0.25, 0.3) is 0 Å². The van der Waals surface area contributed by atoms with Crippen LogP contribution >= 0.6 is 35.5 Å². The number of nitrogens with zero attached hydrogens (tertiary/aromatic N) is 6. The number of aliphatic imine (C=N–C) groups is 1. The number of guanidine groups is 1. The standard InChI is InChI=1S/C20H31N7S.HI/c1-4-18-23-20(28-24-18)27-14-12-26(13-15-27)19(21-2)22-10-11-25(3)16-17-8-6-5-7-9-17;/h5-9H,4,10-16H2,1-3H3,(H,21,22);1H. The van der Waals surface area contributed by atoms with Gasteiger partial charge in [-0.05, 0) is 12.6 Å². The maximum atomic E-state index is 4.61. The average Bonchev–Trinajstić information content (AvgIpc) is 3.21. The van der Waals surface area contributed by atoms with Gasteiger partial charge in [0.1, 0.15) is 5.82 Å². The van der Waals surface area contributed by atoms with Gasteiger partial charge in [-0.25, -0.2) is 4.98 Å². The molecular formula is C20H32IN7S. The predicted octanol–water partition coefficient (Wildman–Crippen LogP) is 2.55. The topological polar surface area (TPSA) is 59.9 Å². The molecule has 0 radical (unpaired) electrons. The average molecular weight is 529 g/mol. The van der Waals surface area contributed by atoms with E-state index in [2.05, 4.69) is 78.7 Å². The monoisotopic (exact) mass is 529 g/mol. The fraction of sp³-hybridized carbons (Fsp3) is 0.550. The summed E-state index contributed by atoms with van der Waals surface area (Å²) in [5, 5.41) is 4.56. The molecule has 1 aromatic heterocycles. The lowest BCUT2D eigenvalue weighted by Crippen LogP contribution is -2.53. The molecule has 1 N–H and O–H groups in total. The molecule has 0 amide bonds. The Balaban J connectivity index is 0.00000300. The Hall–Kier alpha value is -1.46. The van der Waals surface area contributed by atoms with Crippen molar-refractivity contribution in [3.8, 4) is 0 Å². The molecule has 2 aromatic rings. The van der Waals surface area contributed by atoms with Crippen LogP contribution in [0.3, 0.4) is 0 Å². The number of aromatic nitrogens is 2. The van der Waals surface area contributed by atoms with Gasteiger partial charge < -0.3 is 20.0 Å². The van der Waals surface area contributed by atoms with Crippen molar-refractivity contribution >= 4 is 46.6 Å². The highest BCUT2D eigenvalue weighted by Crippen LogP contribution is 2.19. The van der Waals surface area contributed by atoms with Gasteiger partial charge in [0.05, 0.1) is 0 Å². The first kappa shape index (κ1) is 23.8. The van der Waals surface area contributed by atoms with E-state index in [1.165, 1.54) is 17.1 Å². The number of anilines is 1. The van der Waals surface area contributed by atoms with E-state index in [0.29, 0.717) is 0 Å². The van der Waals surface area contributed by atoms with Crippen molar-refractivity contribution in [1.82, 2.24) is 24.5 Å². The zero-order chi connectivity index (χ0) is 19.8. The lowest BCUT2D eigenvalue weighted by molar-refractivity contribution is 0.324. The number of rotatable bonds is 7. The third-order valence-corrected chi connectivity index (χ3v) is 5.72. The Morgan fingerprint density at radius 1 is 1.21 bits per heavy atom. The van der Waals surface area contributed by atoms with Crippen LogP contribution in [-0.2, 0) is 13.0 Å². The normalized spacial score (nSPS) is 14.8. The number of likely N-dealkylation sites (N-methyl/N-ethyl adjacent to an activating group) is 1. The van der Waals surface area contributed by atoms with E-state index in [1.54, 1.807) is 0 Å². The molecule has 1 saturated heterocycles. The van der Waals surface area contributed by atoms with E-state index in [-0.39, 0.29) is 24.0 Å². The van der Waals surface area contributed by atoms with Crippen molar-refractivity contribution in [2.24, 2.45) is 4.99 Å². The Morgan fingerprint density at radius 2 is 1.93 bits per heavy atom. The number of hydrogen-bond acceptors (Lipinski definition) is 6. The van der Waals surface area contributed by atoms with Gasteiger partial charge in [-0.15, -0.1) is 24.0 Å². The van der Waals surface area contributed by atoms with Gasteiger partial charge >= 0.3 is 0 Å². The number of aryl methyl sites for hydroxylation is 1. The highest BCUT2D eigenvalue weighted by atomic mass is 127. The fourth-order valence-corrected chi connectivity index (χ4v) is 4.09. The second-order valence-electron chi connectivity index (χ2n) is 7.02. The van der Waals surface area contributed by atoms with Crippen molar-refractivity contribution in [1.29, 1.82) is 0 Å². The molecule has 1 aliphatic heterocycles. The van der Waals surface area contributed by atoms with Crippen LogP contribution in [0.25, 0.3) is 0 Å². The molecule has 7 nitrogen and oxygen atoms in total. The van der Waals surface area contributed by atoms with Crippen LogP contribution in [0.2, 0.25) is 0 Å². The minimum atomic E-state index is 0. The van der Waals surface area contributed by atoms with Crippen LogP contribution in [0, 0.1) is 0 Å². The summed E-state index contributed by atoms with van der Waals surface area (Å²) in [7, 11) is 4.02. The first-order valence-corrected chi connectivity index (χ1v) is 10.7. The Morgan fingerprint density at radius 3 is 2.55 bits per heavy atom. The molecule has 0 saturated carbocycles. The Labute approximate surface area is 195 Å². The third-order valence-electron chi connectivity index (χ3n) is 4.91. The van der Waals surface area contributed by atoms with Crippen molar-refractivity contribution in [2.75, 3.05) is 58.3 Å². The van der Waals surface area contributed by atoms with Crippen molar-refractivity contribution in [2.45, 2.75) is 19.9 Å². The number of benzene rings is 1. The first-order valence-electron chi connectivity index (χ1n) is 9.95. The predicted molar refractivity (Wildman–Crippen MR) is 133 cm³/mol. The van der Waals surface area contributed by atoms with E-state index >= 15 is 0 Å². The summed E-state index contributed by atoms with van der Waals surface area (Å²) in [6, 6.07) is 10.6. The van der Waals surface area contributed by atoms with Gasteiger partial charge in [-0.3, -0.25) is 4.99 Å². The molecule has 3 rings (SSSR count). The lowest BCUT2D eigenvalue weighted by Gasteiger charge is -2.36. The van der Waals surface area contributed by atoms with E-state index in [4.69, 9.17) is 0 Å². The minimum Gasteiger partial charge on any atom is -0.355 e. The quantitative estimate of drug-likeness (QED) is 0.338. The van der Waals surface area contributed by atoms with Gasteiger partial charge in [0.15, 0.2) is 5.96 Å². The van der Waals surface area contributed by atoms with Crippen LogP contribution in [0.15, 0.2) is 35.3 Å². The van der Waals surface area contributed by atoms with Crippen LogP contribution in [-0.4, -0.2) is 78.5 Å². The van der Waals surface area contributed by atoms with Crippen LogP contribution in [0.5, 0.6) is 0 Å². The minimum absolute atomic E-state index is 0. The van der Waals surface area contributed by atoms with E-state index in [0.717, 1.165) is 69.1 Å². The van der Waals surface area contributed by atoms with Gasteiger partial charge in [-0.2, -0.15) is 4.37 Å². The highest BCUT2D eigenvalue weighted by Gasteiger charge is 2.21. The molecule has 0 aliphatic carbocycles. The second kappa shape index (κ2) is 12.3. The van der Waals surface area contributed by atoms with Gasteiger partial charge in [0.2, 0.25) is 5.13 Å². The molecule has 1 fully saturated rings. The SMILES string of the molecule is CCc1nsc(N2CCN(C(=NC)NCCN(C)Cc3ccccc3)CC2)n1.I. The van der Waals surface area contributed by atoms with Crippen molar-refractivity contribution < 1.29 is 0 Å². The largest absolute Gasteiger partial charge is 0.355 e. The Kier molecular flexibility index (Phi) is 10.1.